The van der Waals surface area contributed by atoms with Gasteiger partial charge in [0, 0.05) is 0 Å². The quantitative estimate of drug-likeness (QED) is 0.193. The zero-order valence-corrected chi connectivity index (χ0v) is 27.9. The monoisotopic (exact) mass is 647 g/mol. The summed E-state index contributed by atoms with van der Waals surface area (Å²) in [6, 6.07) is 0. The molecule has 0 spiro atoms. The molecule has 6 atom stereocenters. The summed E-state index contributed by atoms with van der Waals surface area (Å²) >= 11 is 7.54. The summed E-state index contributed by atoms with van der Waals surface area (Å²) in [5.41, 5.74) is 0.387. The van der Waals surface area contributed by atoms with Crippen LogP contribution in [0.25, 0.3) is 0 Å². The number of nitrogens with two attached hydrogens (primary N) is 1. The Labute approximate surface area is 234 Å². The van der Waals surface area contributed by atoms with Gasteiger partial charge < -0.3 is 0 Å². The number of aliphatic hydroxyl groups excluding tert-OH is 1. The van der Waals surface area contributed by atoms with Gasteiger partial charge in [-0.3, -0.25) is 0 Å². The molecule has 0 aromatic carbocycles. The fourth-order valence-corrected chi connectivity index (χ4v) is 9.46. The summed E-state index contributed by atoms with van der Waals surface area (Å²) in [6.07, 6.45) is -0.668. The van der Waals surface area contributed by atoms with Crippen LogP contribution in [0.15, 0.2) is 11.3 Å². The van der Waals surface area contributed by atoms with E-state index in [0.717, 1.165) is 22.5 Å². The molecule has 1 aromatic heterocycles. The molecule has 2 unspecified atom stereocenters. The third-order valence-corrected chi connectivity index (χ3v) is 10.8. The number of halogens is 1. The minimum atomic E-state index is -1.89. The van der Waals surface area contributed by atoms with Gasteiger partial charge >= 0.3 is 236 Å². The average molecular weight is 647 g/mol. The van der Waals surface area contributed by atoms with Crippen LogP contribution < -0.4 is 11.1 Å². The Morgan fingerprint density at radius 3 is 2.08 bits per heavy atom. The van der Waals surface area contributed by atoms with Gasteiger partial charge in [0.25, 0.3) is 0 Å². The summed E-state index contributed by atoms with van der Waals surface area (Å²) in [6.45, 7) is 21.0. The molecule has 12 heteroatoms. The van der Waals surface area contributed by atoms with E-state index in [4.69, 9.17) is 22.1 Å². The number of anilines is 1. The van der Waals surface area contributed by atoms with Crippen molar-refractivity contribution >= 4 is 52.6 Å². The second-order valence-electron chi connectivity index (χ2n) is 13.5. The molecule has 1 aromatic rings. The molecule has 0 bridgehead atoms. The number of aliphatic imine (C=N–C) groups is 1. The van der Waals surface area contributed by atoms with E-state index in [0.29, 0.717) is 15.4 Å². The predicted octanol–water partition coefficient (Wildman–Crippen LogP) is 2.45. The number of aliphatic hydroxyl groups is 3. The van der Waals surface area contributed by atoms with E-state index in [1.165, 1.54) is 0 Å². The van der Waals surface area contributed by atoms with Gasteiger partial charge in [-0.15, -0.1) is 0 Å². The number of hydrogen-bond acceptors (Lipinski definition) is 8. The summed E-state index contributed by atoms with van der Waals surface area (Å²) in [5.74, 6) is 0.463. The minimum absolute atomic E-state index is 0.303. The topological polar surface area (TPSA) is 138 Å². The summed E-state index contributed by atoms with van der Waals surface area (Å²) in [5, 5.41) is 37.9. The Hall–Kier alpha value is -0.214. The van der Waals surface area contributed by atoms with Crippen molar-refractivity contribution in [2.24, 2.45) is 27.0 Å². The van der Waals surface area contributed by atoms with Crippen LogP contribution >= 0.6 is 11.6 Å². The zero-order valence-electron chi connectivity index (χ0n) is 23.3. The van der Waals surface area contributed by atoms with Crippen molar-refractivity contribution in [1.82, 2.24) is 9.55 Å². The maximum atomic E-state index is 13.2. The number of imidazole rings is 1. The zero-order chi connectivity index (χ0) is 28.1. The Bertz CT molecular complexity index is 1060. The van der Waals surface area contributed by atoms with Gasteiger partial charge in [0.15, 0.2) is 0 Å². The SMILES string of the molecule is C[Si](C)[C@@]1(n2cnc3c2N[C]([Sn])=NC3(N)Cl)O[C@H](C(O)C(C)(C)C)[C@](O)(C(C)(C)C)[C@]1(O)C(C)(C)C. The van der Waals surface area contributed by atoms with Crippen molar-refractivity contribution in [3.63, 3.8) is 0 Å². The summed E-state index contributed by atoms with van der Waals surface area (Å²) in [4.78, 5) is 8.84. The molecule has 9 nitrogen and oxygen atoms in total. The van der Waals surface area contributed by atoms with E-state index in [-0.39, 0.29) is 0 Å². The van der Waals surface area contributed by atoms with Crippen molar-refractivity contribution in [2.75, 3.05) is 5.32 Å². The van der Waals surface area contributed by atoms with E-state index < -0.39 is 58.9 Å². The van der Waals surface area contributed by atoms with Crippen LogP contribution in [0.1, 0.15) is 68.0 Å². The van der Waals surface area contributed by atoms with Crippen LogP contribution in [0.5, 0.6) is 0 Å². The standard InChI is InChI=1S/C24H42ClN5O4Si.Sn/c1-18(2,3)15(31)16-21(32,19(4,5)6)23(33,20(7,8)9)24(34-16,35(10)11)30-13-28-14-17(30)27-12-29-22(14,25)26;/h13,15-16,31-33H,26H2,1-11H3,(H,27,29);/t15?,16-,21+,22?,23-,24+;/m1./s1. The Morgan fingerprint density at radius 2 is 1.67 bits per heavy atom. The number of rotatable bonds is 3. The molecule has 2 aliphatic rings. The van der Waals surface area contributed by atoms with Crippen molar-refractivity contribution in [3.05, 3.63) is 12.0 Å². The maximum absolute atomic E-state index is 13.2. The molecule has 1 saturated heterocycles. The molecule has 202 valence electrons. The fraction of sp³-hybridized carbons (Fsp3) is 0.833. The van der Waals surface area contributed by atoms with Crippen molar-refractivity contribution < 1.29 is 20.1 Å². The first-order chi connectivity index (χ1) is 15.9. The number of amidine groups is 1. The second-order valence-corrected chi connectivity index (χ2v) is 18.1. The van der Waals surface area contributed by atoms with E-state index in [1.54, 1.807) is 10.9 Å². The Kier molecular flexibility index (Phi) is 7.28. The van der Waals surface area contributed by atoms with Gasteiger partial charge in [-0.05, 0) is 0 Å². The van der Waals surface area contributed by atoms with Crippen LogP contribution in [-0.2, 0) is 15.2 Å². The Morgan fingerprint density at radius 1 is 1.14 bits per heavy atom. The van der Waals surface area contributed by atoms with Crippen molar-refractivity contribution in [3.8, 4) is 0 Å². The van der Waals surface area contributed by atoms with Crippen molar-refractivity contribution in [2.45, 2.75) is 109 Å². The number of nitrogens with zero attached hydrogens (tertiary/aromatic N) is 3. The van der Waals surface area contributed by atoms with E-state index >= 15 is 0 Å². The molecular formula is C24H42ClN5O4SiSn. The normalized spacial score (nSPS) is 36.5. The number of hydrogen-bond donors (Lipinski definition) is 5. The first kappa shape index (κ1) is 30.3. The molecule has 2 aliphatic heterocycles. The molecule has 0 saturated carbocycles. The van der Waals surface area contributed by atoms with Crippen LogP contribution in [0.4, 0.5) is 5.82 Å². The predicted molar refractivity (Wildman–Crippen MR) is 145 cm³/mol. The third-order valence-electron chi connectivity index (χ3n) is 7.78. The first-order valence-corrected chi connectivity index (χ1v) is 16.5. The van der Waals surface area contributed by atoms with Crippen LogP contribution in [-0.4, -0.2) is 83.5 Å². The molecule has 3 rings (SSSR count). The third kappa shape index (κ3) is 3.88. The molecule has 0 amide bonds. The molecule has 6 N–H and O–H groups in total. The molecular weight excluding hydrogens is 605 g/mol. The van der Waals surface area contributed by atoms with Gasteiger partial charge in [-0.1, -0.05) is 0 Å². The molecule has 3 heterocycles. The molecule has 1 fully saturated rings. The second kappa shape index (κ2) is 8.64. The van der Waals surface area contributed by atoms with Crippen LogP contribution in [0, 0.1) is 16.2 Å². The van der Waals surface area contributed by atoms with E-state index in [9.17, 15) is 15.3 Å². The number of alkyl halides is 1. The van der Waals surface area contributed by atoms with Gasteiger partial charge in [-0.25, -0.2) is 0 Å². The summed E-state index contributed by atoms with van der Waals surface area (Å²) < 4.78 is 9.27. The number of ether oxygens (including phenoxy) is 1. The molecule has 0 aliphatic carbocycles. The number of nitrogens with one attached hydrogen (secondary N) is 1. The van der Waals surface area contributed by atoms with Gasteiger partial charge in [-0.2, -0.15) is 0 Å². The van der Waals surface area contributed by atoms with Crippen molar-refractivity contribution in [1.29, 1.82) is 0 Å². The molecule has 36 heavy (non-hydrogen) atoms. The van der Waals surface area contributed by atoms with Gasteiger partial charge in [0.1, 0.15) is 0 Å². The average Bonchev–Trinajstić information content (AvgIpc) is 3.17. The van der Waals surface area contributed by atoms with Gasteiger partial charge in [0.2, 0.25) is 0 Å². The summed E-state index contributed by atoms with van der Waals surface area (Å²) in [7, 11) is -1.69. The molecule has 4 radical (unpaired) electrons. The number of fused-ring (bicyclic) bond motifs is 1. The van der Waals surface area contributed by atoms with Crippen LogP contribution in [0.2, 0.25) is 13.1 Å². The van der Waals surface area contributed by atoms with E-state index in [2.05, 4.69) is 15.3 Å². The first-order valence-electron chi connectivity index (χ1n) is 12.2. The van der Waals surface area contributed by atoms with Crippen LogP contribution in [0.3, 0.4) is 0 Å². The Balaban J connectivity index is 2.51. The van der Waals surface area contributed by atoms with E-state index in [1.807, 2.05) is 75.4 Å². The number of aromatic nitrogens is 2. The fourth-order valence-electron chi connectivity index (χ4n) is 5.89. The van der Waals surface area contributed by atoms with Gasteiger partial charge in [0.05, 0.1) is 0 Å².